The summed E-state index contributed by atoms with van der Waals surface area (Å²) >= 11 is 7.81. The van der Waals surface area contributed by atoms with E-state index in [1.165, 1.54) is 4.91 Å². The number of thioether (sulfide) groups is 1. The normalized spacial score (nSPS) is 23.9. The Hall–Kier alpha value is -2.17. The molecule has 3 nitrogen and oxygen atoms in total. The van der Waals surface area contributed by atoms with E-state index >= 15 is 0 Å². The molecule has 2 aliphatic rings. The standard InChI is InChI=1S/C21H15ClO3S/c1-11-9-15-18(12-5-3-2-4-6-12)25-19-17(23)14-10-13(22)7-8-16(14)24-20(19)21(15)26-11/h2-10,15,18,21H,1H3. The van der Waals surface area contributed by atoms with Crippen LogP contribution in [-0.4, -0.2) is 0 Å². The second kappa shape index (κ2) is 5.93. The fourth-order valence-corrected chi connectivity index (χ4v) is 5.21. The Labute approximate surface area is 159 Å². The highest BCUT2D eigenvalue weighted by molar-refractivity contribution is 8.03. The molecule has 0 amide bonds. The van der Waals surface area contributed by atoms with E-state index in [1.54, 1.807) is 30.0 Å². The van der Waals surface area contributed by atoms with E-state index in [4.69, 9.17) is 20.8 Å². The molecule has 0 radical (unpaired) electrons. The van der Waals surface area contributed by atoms with Gasteiger partial charge >= 0.3 is 0 Å². The van der Waals surface area contributed by atoms with Crippen molar-refractivity contribution in [2.45, 2.75) is 18.3 Å². The minimum absolute atomic E-state index is 0.0386. The van der Waals surface area contributed by atoms with Crippen molar-refractivity contribution in [2.24, 2.45) is 5.92 Å². The number of benzene rings is 2. The summed E-state index contributed by atoms with van der Waals surface area (Å²) in [6.45, 7) is 2.09. The van der Waals surface area contributed by atoms with Gasteiger partial charge in [0.05, 0.1) is 10.6 Å². The van der Waals surface area contributed by atoms with E-state index in [0.29, 0.717) is 27.5 Å². The minimum Gasteiger partial charge on any atom is -0.478 e. The van der Waals surface area contributed by atoms with Crippen LogP contribution < -0.4 is 10.2 Å². The average Bonchev–Trinajstić information content (AvgIpc) is 3.04. The number of ether oxygens (including phenoxy) is 1. The summed E-state index contributed by atoms with van der Waals surface area (Å²) in [6.07, 6.45) is 2.01. The van der Waals surface area contributed by atoms with Crippen LogP contribution in [0.4, 0.5) is 0 Å². The molecule has 26 heavy (non-hydrogen) atoms. The lowest BCUT2D eigenvalue weighted by molar-refractivity contribution is 0.122. The minimum atomic E-state index is -0.210. The molecule has 0 N–H and O–H groups in total. The van der Waals surface area contributed by atoms with Crippen molar-refractivity contribution in [3.05, 3.63) is 86.1 Å². The van der Waals surface area contributed by atoms with Gasteiger partial charge in [-0.05, 0) is 35.6 Å². The van der Waals surface area contributed by atoms with Crippen LogP contribution in [0.15, 0.2) is 68.7 Å². The lowest BCUT2D eigenvalue weighted by Gasteiger charge is -2.33. The first-order chi connectivity index (χ1) is 12.6. The van der Waals surface area contributed by atoms with E-state index in [2.05, 4.69) is 13.0 Å². The largest absolute Gasteiger partial charge is 0.478 e. The van der Waals surface area contributed by atoms with Crippen LogP contribution in [0.2, 0.25) is 5.02 Å². The van der Waals surface area contributed by atoms with Crippen molar-refractivity contribution in [2.75, 3.05) is 0 Å². The number of rotatable bonds is 1. The fraction of sp³-hybridized carbons (Fsp3) is 0.190. The van der Waals surface area contributed by atoms with Gasteiger partial charge < -0.3 is 9.15 Å². The second-order valence-corrected chi connectivity index (χ2v) is 8.43. The van der Waals surface area contributed by atoms with Crippen LogP contribution in [0.3, 0.4) is 0 Å². The summed E-state index contributed by atoms with van der Waals surface area (Å²) in [5.74, 6) is 1.06. The molecule has 3 unspecified atom stereocenters. The maximum atomic E-state index is 13.1. The zero-order valence-corrected chi connectivity index (χ0v) is 15.5. The molecule has 2 aliphatic heterocycles. The molecule has 0 aliphatic carbocycles. The topological polar surface area (TPSA) is 39.4 Å². The first kappa shape index (κ1) is 16.0. The van der Waals surface area contributed by atoms with Gasteiger partial charge in [0.15, 0.2) is 5.76 Å². The van der Waals surface area contributed by atoms with Crippen LogP contribution in [0, 0.1) is 5.92 Å². The van der Waals surface area contributed by atoms with E-state index in [9.17, 15) is 4.79 Å². The van der Waals surface area contributed by atoms with Crippen LogP contribution in [-0.2, 0) is 0 Å². The fourth-order valence-electron chi connectivity index (χ4n) is 3.76. The van der Waals surface area contributed by atoms with Crippen molar-refractivity contribution < 1.29 is 9.15 Å². The molecule has 3 atom stereocenters. The molecule has 2 aromatic carbocycles. The first-order valence-corrected chi connectivity index (χ1v) is 9.70. The van der Waals surface area contributed by atoms with Gasteiger partial charge in [-0.1, -0.05) is 48.0 Å². The van der Waals surface area contributed by atoms with Gasteiger partial charge in [-0.15, -0.1) is 11.8 Å². The van der Waals surface area contributed by atoms with Gasteiger partial charge in [0.1, 0.15) is 11.7 Å². The third kappa shape index (κ3) is 2.40. The summed E-state index contributed by atoms with van der Waals surface area (Å²) in [7, 11) is 0. The maximum absolute atomic E-state index is 13.1. The number of halogens is 1. The molecule has 1 aromatic heterocycles. The molecule has 3 aromatic rings. The number of hydrogen-bond acceptors (Lipinski definition) is 4. The maximum Gasteiger partial charge on any atom is 0.234 e. The molecular weight excluding hydrogens is 368 g/mol. The molecule has 5 heteroatoms. The lowest BCUT2D eigenvalue weighted by Crippen LogP contribution is -2.29. The summed E-state index contributed by atoms with van der Waals surface area (Å²) in [5.41, 5.74) is 1.45. The van der Waals surface area contributed by atoms with Crippen molar-refractivity contribution in [3.8, 4) is 5.75 Å². The molecule has 0 fully saturated rings. The quantitative estimate of drug-likeness (QED) is 0.526. The Bertz CT molecular complexity index is 1100. The van der Waals surface area contributed by atoms with Gasteiger partial charge in [0.25, 0.3) is 0 Å². The SMILES string of the molecule is CC1=CC2C(c3ccccc3)Oc3c(oc4ccc(Cl)cc4c3=O)C2S1. The number of allylic oxidation sites excluding steroid dienone is 1. The molecule has 130 valence electrons. The second-order valence-electron chi connectivity index (χ2n) is 6.61. The van der Waals surface area contributed by atoms with E-state index in [1.807, 2.05) is 30.3 Å². The highest BCUT2D eigenvalue weighted by Gasteiger charge is 2.44. The third-order valence-corrected chi connectivity index (χ3v) is 6.43. The molecule has 3 heterocycles. The van der Waals surface area contributed by atoms with Crippen LogP contribution >= 0.6 is 23.4 Å². The predicted molar refractivity (Wildman–Crippen MR) is 105 cm³/mol. The smallest absolute Gasteiger partial charge is 0.234 e. The van der Waals surface area contributed by atoms with E-state index in [-0.39, 0.29) is 22.7 Å². The van der Waals surface area contributed by atoms with E-state index in [0.717, 1.165) is 5.56 Å². The zero-order chi connectivity index (χ0) is 17.8. The molecule has 0 saturated carbocycles. The van der Waals surface area contributed by atoms with Gasteiger partial charge in [-0.2, -0.15) is 0 Å². The van der Waals surface area contributed by atoms with Crippen molar-refractivity contribution >= 4 is 34.3 Å². The Morgan fingerprint density at radius 3 is 2.73 bits per heavy atom. The van der Waals surface area contributed by atoms with Crippen molar-refractivity contribution in [3.63, 3.8) is 0 Å². The Kier molecular flexibility index (Phi) is 3.66. The average molecular weight is 383 g/mol. The highest BCUT2D eigenvalue weighted by atomic mass is 35.5. The summed E-state index contributed by atoms with van der Waals surface area (Å²) in [6, 6.07) is 15.2. The van der Waals surface area contributed by atoms with Gasteiger partial charge in [0.2, 0.25) is 11.2 Å². The monoisotopic (exact) mass is 382 g/mol. The molecular formula is C21H15ClO3S. The Morgan fingerprint density at radius 2 is 1.92 bits per heavy atom. The van der Waals surface area contributed by atoms with E-state index < -0.39 is 0 Å². The highest BCUT2D eigenvalue weighted by Crippen LogP contribution is 2.57. The molecule has 0 saturated heterocycles. The van der Waals surface area contributed by atoms with Crippen molar-refractivity contribution in [1.82, 2.24) is 0 Å². The van der Waals surface area contributed by atoms with Crippen LogP contribution in [0.5, 0.6) is 5.75 Å². The zero-order valence-electron chi connectivity index (χ0n) is 13.9. The molecule has 0 spiro atoms. The third-order valence-electron chi connectivity index (χ3n) is 4.91. The summed E-state index contributed by atoms with van der Waals surface area (Å²) < 4.78 is 12.4. The number of hydrogen-bond donors (Lipinski definition) is 0. The van der Waals surface area contributed by atoms with Crippen molar-refractivity contribution in [1.29, 1.82) is 0 Å². The molecule has 5 rings (SSSR count). The van der Waals surface area contributed by atoms with Gasteiger partial charge in [0, 0.05) is 10.9 Å². The molecule has 0 bridgehead atoms. The summed E-state index contributed by atoms with van der Waals surface area (Å²) in [5, 5.41) is 0.997. The lowest BCUT2D eigenvalue weighted by atomic mass is 9.88. The van der Waals surface area contributed by atoms with Gasteiger partial charge in [-0.3, -0.25) is 4.79 Å². The Morgan fingerprint density at radius 1 is 1.12 bits per heavy atom. The van der Waals surface area contributed by atoms with Gasteiger partial charge in [-0.25, -0.2) is 0 Å². The predicted octanol–water partition coefficient (Wildman–Crippen LogP) is 5.89. The Balaban J connectivity index is 1.74. The number of fused-ring (bicyclic) bond motifs is 4. The summed E-state index contributed by atoms with van der Waals surface area (Å²) in [4.78, 5) is 14.3. The van der Waals surface area contributed by atoms with Crippen LogP contribution in [0.25, 0.3) is 11.0 Å². The first-order valence-electron chi connectivity index (χ1n) is 8.45. The van der Waals surface area contributed by atoms with Crippen LogP contribution in [0.1, 0.15) is 29.6 Å².